The monoisotopic (exact) mass is 225 g/mol. The van der Waals surface area contributed by atoms with Crippen LogP contribution in [-0.4, -0.2) is 16.8 Å². The second kappa shape index (κ2) is 7.45. The first-order valence-corrected chi connectivity index (χ1v) is 5.53. The average Bonchev–Trinajstić information content (AvgIpc) is 2.04. The fourth-order valence-corrected chi connectivity index (χ4v) is 1.20. The normalized spacial score (nSPS) is 13.0. The van der Waals surface area contributed by atoms with Gasteiger partial charge in [0, 0.05) is 6.04 Å². The number of alkyl halides is 2. The van der Waals surface area contributed by atoms with Crippen molar-refractivity contribution >= 4 is 29.1 Å². The third-order valence-electron chi connectivity index (χ3n) is 1.83. The third-order valence-corrected chi connectivity index (χ3v) is 2.22. The van der Waals surface area contributed by atoms with E-state index < -0.39 is 4.84 Å². The van der Waals surface area contributed by atoms with Crippen molar-refractivity contribution in [2.75, 3.05) is 0 Å². The van der Waals surface area contributed by atoms with Crippen LogP contribution in [0.25, 0.3) is 0 Å². The molecule has 0 saturated heterocycles. The van der Waals surface area contributed by atoms with E-state index in [2.05, 4.69) is 12.2 Å². The minimum atomic E-state index is -0.950. The van der Waals surface area contributed by atoms with Crippen LogP contribution in [0.4, 0.5) is 0 Å². The van der Waals surface area contributed by atoms with Gasteiger partial charge in [-0.25, -0.2) is 0 Å². The Labute approximate surface area is 90.0 Å². The first-order valence-electron chi connectivity index (χ1n) is 4.66. The Morgan fingerprint density at radius 1 is 1.38 bits per heavy atom. The predicted molar refractivity (Wildman–Crippen MR) is 57.2 cm³/mol. The number of hydrogen-bond donors (Lipinski definition) is 1. The van der Waals surface area contributed by atoms with Crippen LogP contribution < -0.4 is 5.32 Å². The molecule has 1 atom stereocenters. The largest absolute Gasteiger partial charge is 0.351 e. The van der Waals surface area contributed by atoms with E-state index in [1.807, 2.05) is 6.92 Å². The minimum Gasteiger partial charge on any atom is -0.351 e. The summed E-state index contributed by atoms with van der Waals surface area (Å²) in [5.74, 6) is -0.299. The Balaban J connectivity index is 3.50. The summed E-state index contributed by atoms with van der Waals surface area (Å²) in [7, 11) is 0. The number of unbranched alkanes of at least 4 members (excludes halogenated alkanes) is 2. The molecule has 13 heavy (non-hydrogen) atoms. The molecule has 0 radical (unpaired) electrons. The molecular formula is C9H17Cl2NO. The van der Waals surface area contributed by atoms with E-state index in [-0.39, 0.29) is 11.9 Å². The van der Waals surface area contributed by atoms with E-state index in [0.717, 1.165) is 12.8 Å². The van der Waals surface area contributed by atoms with Gasteiger partial charge in [-0.2, -0.15) is 0 Å². The van der Waals surface area contributed by atoms with Gasteiger partial charge in [0.05, 0.1) is 0 Å². The fourth-order valence-electron chi connectivity index (χ4n) is 1.08. The summed E-state index contributed by atoms with van der Waals surface area (Å²) in [6, 6.07) is 0.166. The standard InChI is InChI=1S/C9H17Cl2NO/c1-3-4-5-6-7(2)12-9(13)8(10)11/h7-8H,3-6H2,1-2H3,(H,12,13). The second-order valence-corrected chi connectivity index (χ2v) is 4.30. The maximum atomic E-state index is 11.0. The van der Waals surface area contributed by atoms with Gasteiger partial charge in [0.1, 0.15) is 0 Å². The zero-order valence-electron chi connectivity index (χ0n) is 8.15. The Bertz CT molecular complexity index is 151. The van der Waals surface area contributed by atoms with Crippen molar-refractivity contribution in [1.82, 2.24) is 5.32 Å². The summed E-state index contributed by atoms with van der Waals surface area (Å²) in [5.41, 5.74) is 0. The van der Waals surface area contributed by atoms with Gasteiger partial charge in [0.25, 0.3) is 5.91 Å². The summed E-state index contributed by atoms with van der Waals surface area (Å²) in [6.07, 6.45) is 4.51. The highest BCUT2D eigenvalue weighted by Crippen LogP contribution is 2.05. The lowest BCUT2D eigenvalue weighted by Gasteiger charge is -2.13. The molecule has 0 spiro atoms. The van der Waals surface area contributed by atoms with Crippen molar-refractivity contribution < 1.29 is 4.79 Å². The smallest absolute Gasteiger partial charge is 0.253 e. The molecule has 0 bridgehead atoms. The topological polar surface area (TPSA) is 29.1 Å². The molecule has 1 amide bonds. The summed E-state index contributed by atoms with van der Waals surface area (Å²) in [5, 5.41) is 2.74. The Morgan fingerprint density at radius 3 is 2.46 bits per heavy atom. The molecule has 0 aromatic heterocycles. The highest BCUT2D eigenvalue weighted by molar-refractivity contribution is 6.53. The quantitative estimate of drug-likeness (QED) is 0.547. The first kappa shape index (κ1) is 13.1. The molecule has 0 rings (SSSR count). The van der Waals surface area contributed by atoms with Crippen LogP contribution in [0, 0.1) is 0 Å². The Morgan fingerprint density at radius 2 is 2.00 bits per heavy atom. The number of carbonyl (C=O) groups excluding carboxylic acids is 1. The molecule has 0 heterocycles. The number of halogens is 2. The number of carbonyl (C=O) groups is 1. The maximum Gasteiger partial charge on any atom is 0.253 e. The van der Waals surface area contributed by atoms with Gasteiger partial charge >= 0.3 is 0 Å². The number of amides is 1. The molecule has 2 nitrogen and oxygen atoms in total. The van der Waals surface area contributed by atoms with Crippen LogP contribution >= 0.6 is 23.2 Å². The molecule has 4 heteroatoms. The van der Waals surface area contributed by atoms with Crippen molar-refractivity contribution in [3.05, 3.63) is 0 Å². The predicted octanol–water partition coefficient (Wildman–Crippen LogP) is 2.88. The van der Waals surface area contributed by atoms with Crippen molar-refractivity contribution in [2.45, 2.75) is 50.4 Å². The molecule has 0 aromatic carbocycles. The number of rotatable bonds is 6. The van der Waals surface area contributed by atoms with Gasteiger partial charge < -0.3 is 5.32 Å². The van der Waals surface area contributed by atoms with Crippen LogP contribution in [0.1, 0.15) is 39.5 Å². The number of hydrogen-bond acceptors (Lipinski definition) is 1. The number of nitrogens with one attached hydrogen (secondary N) is 1. The molecule has 1 unspecified atom stereocenters. The van der Waals surface area contributed by atoms with E-state index >= 15 is 0 Å². The molecule has 78 valence electrons. The van der Waals surface area contributed by atoms with Crippen LogP contribution in [-0.2, 0) is 4.79 Å². The Hall–Kier alpha value is 0.0500. The summed E-state index contributed by atoms with van der Waals surface area (Å²) >= 11 is 10.8. The zero-order chi connectivity index (χ0) is 10.3. The molecular weight excluding hydrogens is 209 g/mol. The third kappa shape index (κ3) is 7.15. The molecule has 0 saturated carbocycles. The lowest BCUT2D eigenvalue weighted by molar-refractivity contribution is -0.120. The van der Waals surface area contributed by atoms with Crippen molar-refractivity contribution in [3.63, 3.8) is 0 Å². The lowest BCUT2D eigenvalue weighted by atomic mass is 10.1. The van der Waals surface area contributed by atoms with Gasteiger partial charge in [-0.1, -0.05) is 49.4 Å². The first-order chi connectivity index (χ1) is 6.07. The molecule has 0 aliphatic carbocycles. The summed E-state index contributed by atoms with van der Waals surface area (Å²) in [4.78, 5) is 10.1. The molecule has 1 N–H and O–H groups in total. The van der Waals surface area contributed by atoms with Crippen molar-refractivity contribution in [2.24, 2.45) is 0 Å². The van der Waals surface area contributed by atoms with E-state index in [0.29, 0.717) is 0 Å². The van der Waals surface area contributed by atoms with E-state index in [1.165, 1.54) is 12.8 Å². The van der Waals surface area contributed by atoms with Gasteiger partial charge in [-0.15, -0.1) is 0 Å². The lowest BCUT2D eigenvalue weighted by Crippen LogP contribution is -2.35. The Kier molecular flexibility index (Phi) is 7.48. The van der Waals surface area contributed by atoms with Crippen LogP contribution in [0.5, 0.6) is 0 Å². The van der Waals surface area contributed by atoms with Crippen LogP contribution in [0.2, 0.25) is 0 Å². The average molecular weight is 226 g/mol. The van der Waals surface area contributed by atoms with Gasteiger partial charge in [0.2, 0.25) is 0 Å². The molecule has 0 fully saturated rings. The van der Waals surface area contributed by atoms with Gasteiger partial charge in [0.15, 0.2) is 4.84 Å². The highest BCUT2D eigenvalue weighted by atomic mass is 35.5. The highest BCUT2D eigenvalue weighted by Gasteiger charge is 2.13. The van der Waals surface area contributed by atoms with Crippen molar-refractivity contribution in [1.29, 1.82) is 0 Å². The molecule has 0 aliphatic rings. The zero-order valence-corrected chi connectivity index (χ0v) is 9.66. The fraction of sp³-hybridized carbons (Fsp3) is 0.889. The van der Waals surface area contributed by atoms with Crippen LogP contribution in [0.15, 0.2) is 0 Å². The van der Waals surface area contributed by atoms with E-state index in [9.17, 15) is 4.79 Å². The summed E-state index contributed by atoms with van der Waals surface area (Å²) in [6.45, 7) is 4.11. The van der Waals surface area contributed by atoms with Gasteiger partial charge in [-0.3, -0.25) is 4.79 Å². The maximum absolute atomic E-state index is 11.0. The van der Waals surface area contributed by atoms with Gasteiger partial charge in [-0.05, 0) is 13.3 Å². The van der Waals surface area contributed by atoms with E-state index in [4.69, 9.17) is 23.2 Å². The minimum absolute atomic E-state index is 0.166. The summed E-state index contributed by atoms with van der Waals surface area (Å²) < 4.78 is 0. The van der Waals surface area contributed by atoms with E-state index in [1.54, 1.807) is 0 Å². The van der Waals surface area contributed by atoms with Crippen molar-refractivity contribution in [3.8, 4) is 0 Å². The SMILES string of the molecule is CCCCCC(C)NC(=O)C(Cl)Cl. The van der Waals surface area contributed by atoms with Crippen LogP contribution in [0.3, 0.4) is 0 Å². The second-order valence-electron chi connectivity index (χ2n) is 3.21. The molecule has 0 aliphatic heterocycles. The molecule has 0 aromatic rings.